The number of hydrogen-bond donors (Lipinski definition) is 1. The van der Waals surface area contributed by atoms with Crippen LogP contribution in [0, 0.1) is 6.92 Å². The Bertz CT molecular complexity index is 1390. The third kappa shape index (κ3) is 6.40. The van der Waals surface area contributed by atoms with Gasteiger partial charge < -0.3 is 0 Å². The van der Waals surface area contributed by atoms with Crippen molar-refractivity contribution in [3.05, 3.63) is 105 Å². The molecule has 0 saturated heterocycles. The highest BCUT2D eigenvalue weighted by molar-refractivity contribution is 7.98. The van der Waals surface area contributed by atoms with Gasteiger partial charge in [0, 0.05) is 10.8 Å². The first-order valence-electron chi connectivity index (χ1n) is 10.4. The third-order valence-corrected chi connectivity index (χ3v) is 7.79. The fourth-order valence-electron chi connectivity index (χ4n) is 3.38. The Morgan fingerprint density at radius 2 is 1.71 bits per heavy atom. The summed E-state index contributed by atoms with van der Waals surface area (Å²) in [6.07, 6.45) is 0. The lowest BCUT2D eigenvalue weighted by molar-refractivity contribution is 0.577. The highest BCUT2D eigenvalue weighted by Crippen LogP contribution is 2.31. The van der Waals surface area contributed by atoms with Gasteiger partial charge in [-0.3, -0.25) is 4.57 Å². The molecule has 1 N–H and O–H groups in total. The molecule has 3 aromatic carbocycles. The van der Waals surface area contributed by atoms with Crippen molar-refractivity contribution in [2.24, 2.45) is 0 Å². The molecule has 34 heavy (non-hydrogen) atoms. The lowest BCUT2D eigenvalue weighted by Gasteiger charge is -2.13. The van der Waals surface area contributed by atoms with E-state index < -0.39 is 10.0 Å². The van der Waals surface area contributed by atoms with Crippen LogP contribution in [-0.4, -0.2) is 23.2 Å². The molecule has 0 spiro atoms. The molecule has 0 fully saturated rings. The first-order chi connectivity index (χ1) is 16.3. The maximum Gasteiger partial charge on any atom is 0.216 e. The first kappa shape index (κ1) is 24.8. The van der Waals surface area contributed by atoms with Gasteiger partial charge in [-0.2, -0.15) is 0 Å². The number of sulfonamides is 1. The smallest absolute Gasteiger partial charge is 0.216 e. The second kappa shape index (κ2) is 10.9. The summed E-state index contributed by atoms with van der Waals surface area (Å²) in [4.78, 5) is 0. The predicted molar refractivity (Wildman–Crippen MR) is 138 cm³/mol. The van der Waals surface area contributed by atoms with Crippen molar-refractivity contribution >= 4 is 45.0 Å². The van der Waals surface area contributed by atoms with Gasteiger partial charge in [0.1, 0.15) is 0 Å². The molecule has 176 valence electrons. The molecule has 0 radical (unpaired) electrons. The van der Waals surface area contributed by atoms with Crippen molar-refractivity contribution in [2.75, 3.05) is 0 Å². The molecule has 0 saturated carbocycles. The number of thioether (sulfide) groups is 1. The number of halogens is 2. The van der Waals surface area contributed by atoms with Crippen LogP contribution in [0.5, 0.6) is 0 Å². The van der Waals surface area contributed by atoms with E-state index in [1.54, 1.807) is 34.9 Å². The van der Waals surface area contributed by atoms with E-state index in [2.05, 4.69) is 27.1 Å². The van der Waals surface area contributed by atoms with Crippen LogP contribution in [0.4, 0.5) is 0 Å². The van der Waals surface area contributed by atoms with Gasteiger partial charge in [0.2, 0.25) is 10.0 Å². The molecule has 0 aliphatic carbocycles. The van der Waals surface area contributed by atoms with Gasteiger partial charge in [-0.25, -0.2) is 13.1 Å². The van der Waals surface area contributed by atoms with E-state index in [1.165, 1.54) is 17.3 Å². The third-order valence-electron chi connectivity index (χ3n) is 4.95. The lowest BCUT2D eigenvalue weighted by Crippen LogP contribution is -2.26. The summed E-state index contributed by atoms with van der Waals surface area (Å²) in [5.74, 6) is 0.969. The van der Waals surface area contributed by atoms with E-state index in [-0.39, 0.29) is 12.3 Å². The zero-order chi connectivity index (χ0) is 24.1. The van der Waals surface area contributed by atoms with Crippen LogP contribution in [0.3, 0.4) is 0 Å². The Labute approximate surface area is 213 Å². The van der Waals surface area contributed by atoms with Crippen molar-refractivity contribution in [3.63, 3.8) is 0 Å². The number of benzene rings is 3. The lowest BCUT2D eigenvalue weighted by atomic mass is 10.2. The topological polar surface area (TPSA) is 76.9 Å². The molecule has 1 aromatic heterocycles. The molecule has 1 heterocycles. The minimum Gasteiger partial charge on any atom is -0.271 e. The van der Waals surface area contributed by atoms with Crippen molar-refractivity contribution in [2.45, 2.75) is 30.1 Å². The van der Waals surface area contributed by atoms with Gasteiger partial charge in [0.25, 0.3) is 0 Å². The average Bonchev–Trinajstić information content (AvgIpc) is 3.19. The minimum atomic E-state index is -3.59. The molecule has 4 aromatic rings. The molecular formula is C24H22Cl2N4O2S2. The number of aryl methyl sites for hydroxylation is 1. The van der Waals surface area contributed by atoms with Gasteiger partial charge in [0.15, 0.2) is 11.0 Å². The number of nitrogens with zero attached hydrogens (tertiary/aromatic N) is 3. The molecule has 6 nitrogen and oxygen atoms in total. The highest BCUT2D eigenvalue weighted by Gasteiger charge is 2.19. The number of aromatic nitrogens is 3. The molecule has 10 heteroatoms. The summed E-state index contributed by atoms with van der Waals surface area (Å²) in [7, 11) is -3.59. The van der Waals surface area contributed by atoms with E-state index in [9.17, 15) is 8.42 Å². The molecule has 0 aliphatic rings. The zero-order valence-electron chi connectivity index (χ0n) is 18.3. The van der Waals surface area contributed by atoms with E-state index in [0.717, 1.165) is 5.56 Å². The summed E-state index contributed by atoms with van der Waals surface area (Å²) in [6.45, 7) is 2.01. The molecule has 0 unspecified atom stereocenters. The summed E-state index contributed by atoms with van der Waals surface area (Å²) < 4.78 is 29.7. The summed E-state index contributed by atoms with van der Waals surface area (Å²) in [5.41, 5.74) is 3.65. The average molecular weight is 534 g/mol. The van der Waals surface area contributed by atoms with Crippen LogP contribution >= 0.6 is 35.0 Å². The zero-order valence-corrected chi connectivity index (χ0v) is 21.4. The van der Waals surface area contributed by atoms with Gasteiger partial charge >= 0.3 is 0 Å². The summed E-state index contributed by atoms with van der Waals surface area (Å²) in [5, 5.41) is 10.1. The monoisotopic (exact) mass is 532 g/mol. The standard InChI is InChI=1S/C24H22Cl2N4O2S2/c1-17-6-5-9-19(12-17)15-33-24-29-28-23(30(24)22-11-10-20(25)13-21(22)26)14-27-34(31,32)16-18-7-3-2-4-8-18/h2-13,27H,14-16H2,1H3. The molecule has 0 atom stereocenters. The Kier molecular flexibility index (Phi) is 7.95. The maximum atomic E-state index is 12.7. The van der Waals surface area contributed by atoms with Crippen LogP contribution < -0.4 is 4.72 Å². The SMILES string of the molecule is Cc1cccc(CSc2nnc(CNS(=O)(=O)Cc3ccccc3)n2-c2ccc(Cl)cc2Cl)c1. The van der Waals surface area contributed by atoms with E-state index in [1.807, 2.05) is 37.3 Å². The Balaban J connectivity index is 1.60. The first-order valence-corrected chi connectivity index (χ1v) is 13.8. The van der Waals surface area contributed by atoms with Crippen LogP contribution in [0.15, 0.2) is 78.0 Å². The molecular weight excluding hydrogens is 511 g/mol. The van der Waals surface area contributed by atoms with Gasteiger partial charge in [-0.15, -0.1) is 10.2 Å². The van der Waals surface area contributed by atoms with Crippen molar-refractivity contribution in [1.29, 1.82) is 0 Å². The largest absolute Gasteiger partial charge is 0.271 e. The van der Waals surface area contributed by atoms with E-state index in [0.29, 0.717) is 38.0 Å². The Hall–Kier alpha value is -2.36. The van der Waals surface area contributed by atoms with Crippen molar-refractivity contribution in [3.8, 4) is 5.69 Å². The maximum absolute atomic E-state index is 12.7. The quantitative estimate of drug-likeness (QED) is 0.276. The van der Waals surface area contributed by atoms with Crippen LogP contribution in [-0.2, 0) is 28.1 Å². The van der Waals surface area contributed by atoms with Crippen molar-refractivity contribution < 1.29 is 8.42 Å². The normalized spacial score (nSPS) is 11.6. The van der Waals surface area contributed by atoms with Crippen molar-refractivity contribution in [1.82, 2.24) is 19.5 Å². The summed E-state index contributed by atoms with van der Waals surface area (Å²) in [6, 6.07) is 22.4. The van der Waals surface area contributed by atoms with Crippen LogP contribution in [0.25, 0.3) is 5.69 Å². The number of rotatable bonds is 9. The van der Waals surface area contributed by atoms with E-state index in [4.69, 9.17) is 23.2 Å². The number of nitrogens with one attached hydrogen (secondary N) is 1. The predicted octanol–water partition coefficient (Wildman–Crippen LogP) is 5.79. The number of hydrogen-bond acceptors (Lipinski definition) is 5. The highest BCUT2D eigenvalue weighted by atomic mass is 35.5. The molecule has 0 aliphatic heterocycles. The summed E-state index contributed by atoms with van der Waals surface area (Å²) >= 11 is 14.1. The fraction of sp³-hybridized carbons (Fsp3) is 0.167. The second-order valence-electron chi connectivity index (χ2n) is 7.67. The van der Waals surface area contributed by atoms with Crippen LogP contribution in [0.1, 0.15) is 22.5 Å². The fourth-order valence-corrected chi connectivity index (χ4v) is 5.86. The minimum absolute atomic E-state index is 0.0356. The van der Waals surface area contributed by atoms with Gasteiger partial charge in [-0.1, -0.05) is 95.1 Å². The molecule has 0 amide bonds. The van der Waals surface area contributed by atoms with Crippen LogP contribution in [0.2, 0.25) is 10.0 Å². The second-order valence-corrected chi connectivity index (χ2v) is 11.3. The molecule has 0 bridgehead atoms. The molecule has 4 rings (SSSR count). The Morgan fingerprint density at radius 3 is 2.44 bits per heavy atom. The van der Waals surface area contributed by atoms with Gasteiger partial charge in [0.05, 0.1) is 23.0 Å². The van der Waals surface area contributed by atoms with Gasteiger partial charge in [-0.05, 0) is 36.2 Å². The Morgan fingerprint density at radius 1 is 0.941 bits per heavy atom. The van der Waals surface area contributed by atoms with E-state index >= 15 is 0 Å².